The number of aryl methyl sites for hydroxylation is 1. The van der Waals surface area contributed by atoms with Gasteiger partial charge < -0.3 is 15.5 Å². The fourth-order valence-electron chi connectivity index (χ4n) is 2.13. The van der Waals surface area contributed by atoms with Crippen molar-refractivity contribution in [3.8, 4) is 0 Å². The van der Waals surface area contributed by atoms with Gasteiger partial charge in [0.05, 0.1) is 0 Å². The molecule has 2 rings (SSSR count). The second-order valence-corrected chi connectivity index (χ2v) is 5.95. The Morgan fingerprint density at radius 2 is 1.45 bits per heavy atom. The zero-order valence-corrected chi connectivity index (χ0v) is 15.6. The van der Waals surface area contributed by atoms with Crippen molar-refractivity contribution >= 4 is 29.4 Å². The smallest absolute Gasteiger partial charge is 0.450 e. The minimum atomic E-state index is -6.34. The highest BCUT2D eigenvalue weighted by Crippen LogP contribution is 2.48. The van der Waals surface area contributed by atoms with Gasteiger partial charge in [-0.05, 0) is 24.3 Å². The molecule has 0 saturated carbocycles. The maximum atomic E-state index is 13.5. The van der Waals surface area contributed by atoms with Gasteiger partial charge in [0.25, 0.3) is 5.91 Å². The Morgan fingerprint density at radius 1 is 1.00 bits per heavy atom. The van der Waals surface area contributed by atoms with Crippen molar-refractivity contribution in [2.75, 3.05) is 5.32 Å². The lowest BCUT2D eigenvalue weighted by Crippen LogP contribution is -2.36. The summed E-state index contributed by atoms with van der Waals surface area (Å²) in [5.41, 5.74) is -6.65. The molecule has 3 N–H and O–H groups in total. The van der Waals surface area contributed by atoms with Gasteiger partial charge in [0, 0.05) is 17.8 Å². The molecule has 0 bridgehead atoms. The van der Waals surface area contributed by atoms with E-state index in [0.717, 1.165) is 0 Å². The Hall–Kier alpha value is -3.10. The third-order valence-electron chi connectivity index (χ3n) is 3.30. The van der Waals surface area contributed by atoms with Crippen molar-refractivity contribution in [2.45, 2.75) is 18.3 Å². The largest absolute Gasteiger partial charge is 0.503 e. The number of amides is 1. The lowest BCUT2D eigenvalue weighted by atomic mass is 10.1. The highest BCUT2D eigenvalue weighted by atomic mass is 35.5. The molecular weight excluding hydrogens is 474 g/mol. The summed E-state index contributed by atoms with van der Waals surface area (Å²) >= 11 is 5.61. The van der Waals surface area contributed by atoms with Crippen LogP contribution in [0.15, 0.2) is 24.3 Å². The quantitative estimate of drug-likeness (QED) is 0.519. The first-order valence-corrected chi connectivity index (χ1v) is 7.85. The number of hydrogen-bond donors (Lipinski definition) is 3. The number of alkyl halides is 8. The predicted octanol–water partition coefficient (Wildman–Crippen LogP) is 5.22. The number of rotatable bonds is 3. The zero-order valence-electron chi connectivity index (χ0n) is 14.8. The third-order valence-corrected chi connectivity index (χ3v) is 3.55. The normalized spacial score (nSPS) is 12.1. The van der Waals surface area contributed by atoms with Crippen LogP contribution in [0.3, 0.4) is 0 Å². The fourth-order valence-corrected chi connectivity index (χ4v) is 2.26. The third kappa shape index (κ3) is 6.19. The van der Waals surface area contributed by atoms with E-state index >= 15 is 0 Å². The van der Waals surface area contributed by atoms with Crippen molar-refractivity contribution < 1.29 is 54.9 Å². The van der Waals surface area contributed by atoms with Gasteiger partial charge in [-0.25, -0.2) is 4.79 Å². The monoisotopic (exact) mass is 483 g/mol. The number of hydrogen-bond acceptors (Lipinski definition) is 3. The van der Waals surface area contributed by atoms with Gasteiger partial charge in [-0.15, -0.1) is 0 Å². The van der Waals surface area contributed by atoms with Crippen LogP contribution in [0.4, 0.5) is 45.6 Å². The molecule has 0 aliphatic heterocycles. The molecule has 0 spiro atoms. The summed E-state index contributed by atoms with van der Waals surface area (Å²) in [6.45, 7) is 0. The maximum Gasteiger partial charge on any atom is 0.503 e. The number of aromatic nitrogens is 2. The first-order valence-electron chi connectivity index (χ1n) is 7.47. The van der Waals surface area contributed by atoms with Crippen molar-refractivity contribution in [2.24, 2.45) is 7.05 Å². The van der Waals surface area contributed by atoms with Crippen LogP contribution in [0.2, 0.25) is 5.02 Å². The Morgan fingerprint density at radius 3 is 1.84 bits per heavy atom. The number of carbonyl (C=O) groups is 2. The average Bonchev–Trinajstić information content (AvgIpc) is 2.94. The minimum Gasteiger partial charge on any atom is -0.450 e. The molecule has 0 radical (unpaired) electrons. The van der Waals surface area contributed by atoms with Gasteiger partial charge >= 0.3 is 24.4 Å². The molecule has 172 valence electrons. The zero-order chi connectivity index (χ0) is 24.4. The molecule has 0 unspecified atom stereocenters. The summed E-state index contributed by atoms with van der Waals surface area (Å²) < 4.78 is 104. The number of nitrogens with one attached hydrogen (secondary N) is 1. The van der Waals surface area contributed by atoms with E-state index in [1.807, 2.05) is 5.32 Å². The first-order chi connectivity index (χ1) is 13.9. The summed E-state index contributed by atoms with van der Waals surface area (Å²) in [7, 11) is 0.641. The molecule has 7 nitrogen and oxygen atoms in total. The Kier molecular flexibility index (Phi) is 7.49. The minimum absolute atomic E-state index is 0.0169. The van der Waals surface area contributed by atoms with Gasteiger partial charge in [0.2, 0.25) is 0 Å². The van der Waals surface area contributed by atoms with E-state index in [4.69, 9.17) is 26.6 Å². The molecule has 1 aromatic carbocycles. The average molecular weight is 484 g/mol. The number of carboxylic acid groups (broad SMARTS) is 2. The van der Waals surface area contributed by atoms with E-state index in [2.05, 4.69) is 5.10 Å². The van der Waals surface area contributed by atoms with Crippen LogP contribution >= 0.6 is 11.6 Å². The van der Waals surface area contributed by atoms with E-state index < -0.39 is 47.3 Å². The van der Waals surface area contributed by atoms with Gasteiger partial charge in [0.1, 0.15) is 11.3 Å². The van der Waals surface area contributed by atoms with Gasteiger partial charge in [-0.2, -0.15) is 40.2 Å². The molecule has 0 fully saturated rings. The number of benzene rings is 1. The lowest BCUT2D eigenvalue weighted by Gasteiger charge is -2.19. The summed E-state index contributed by atoms with van der Waals surface area (Å²) in [6, 6.07) is 4.92. The summed E-state index contributed by atoms with van der Waals surface area (Å²) in [4.78, 5) is 20.7. The SMILES string of the molecule is Cn1nc(C(F)(F)C(F)(F)F)c(C(F)(F)F)c1C(=O)Nc1ccc(Cl)cc1.O=C(O)O. The highest BCUT2D eigenvalue weighted by molar-refractivity contribution is 6.30. The van der Waals surface area contributed by atoms with E-state index in [1.54, 1.807) is 0 Å². The van der Waals surface area contributed by atoms with Crippen LogP contribution in [0.25, 0.3) is 0 Å². The van der Waals surface area contributed by atoms with E-state index in [-0.39, 0.29) is 15.4 Å². The summed E-state index contributed by atoms with van der Waals surface area (Å²) in [5.74, 6) is -7.50. The molecule has 0 saturated heterocycles. The molecule has 16 heteroatoms. The fraction of sp³-hybridized carbons (Fsp3) is 0.267. The van der Waals surface area contributed by atoms with E-state index in [1.165, 1.54) is 24.3 Å². The molecule has 1 amide bonds. The summed E-state index contributed by atoms with van der Waals surface area (Å²) in [5, 5.41) is 18.8. The van der Waals surface area contributed by atoms with Crippen LogP contribution in [0.1, 0.15) is 21.7 Å². The van der Waals surface area contributed by atoms with Crippen LogP contribution in [-0.2, 0) is 19.1 Å². The Balaban J connectivity index is 0.00000110. The second kappa shape index (κ2) is 8.95. The van der Waals surface area contributed by atoms with Crippen molar-refractivity contribution in [3.05, 3.63) is 46.2 Å². The number of anilines is 1. The second-order valence-electron chi connectivity index (χ2n) is 5.51. The molecule has 0 aliphatic rings. The number of carbonyl (C=O) groups excluding carboxylic acids is 1. The molecule has 1 aromatic heterocycles. The molecular formula is C15H10ClF8N3O4. The standard InChI is InChI=1S/C14H8ClF8N3O.CH2O3/c1-26-9(11(27)24-7-4-2-6(15)3-5-7)8(13(18,19)20)10(25-26)12(16,17)14(21,22)23;2-1(3)4/h2-5H,1H3,(H,24,27);(H2,2,3,4). The van der Waals surface area contributed by atoms with Crippen LogP contribution < -0.4 is 5.32 Å². The van der Waals surface area contributed by atoms with E-state index in [0.29, 0.717) is 7.05 Å². The molecule has 2 aromatic rings. The van der Waals surface area contributed by atoms with Crippen molar-refractivity contribution in [3.63, 3.8) is 0 Å². The van der Waals surface area contributed by atoms with Crippen LogP contribution in [0, 0.1) is 0 Å². The van der Waals surface area contributed by atoms with Gasteiger partial charge in [-0.1, -0.05) is 11.6 Å². The Labute approximate surface area is 171 Å². The van der Waals surface area contributed by atoms with Crippen molar-refractivity contribution in [1.82, 2.24) is 9.78 Å². The highest BCUT2D eigenvalue weighted by Gasteiger charge is 2.64. The van der Waals surface area contributed by atoms with Gasteiger partial charge in [0.15, 0.2) is 5.69 Å². The molecule has 0 aliphatic carbocycles. The number of halogens is 9. The van der Waals surface area contributed by atoms with E-state index in [9.17, 15) is 39.9 Å². The van der Waals surface area contributed by atoms with Crippen molar-refractivity contribution in [1.29, 1.82) is 0 Å². The molecule has 31 heavy (non-hydrogen) atoms. The summed E-state index contributed by atoms with van der Waals surface area (Å²) in [6.07, 6.45) is -13.9. The Bertz CT molecular complexity index is 951. The lowest BCUT2D eigenvalue weighted by molar-refractivity contribution is -0.292. The van der Waals surface area contributed by atoms with Crippen LogP contribution in [0.5, 0.6) is 0 Å². The van der Waals surface area contributed by atoms with Gasteiger partial charge in [-0.3, -0.25) is 9.48 Å². The predicted molar refractivity (Wildman–Crippen MR) is 88.2 cm³/mol. The maximum absolute atomic E-state index is 13.5. The molecule has 1 heterocycles. The molecule has 0 atom stereocenters. The first kappa shape index (κ1) is 25.9. The van der Waals surface area contributed by atoms with Crippen LogP contribution in [-0.4, -0.2) is 38.2 Å². The number of nitrogens with zero attached hydrogens (tertiary/aromatic N) is 2. The topological polar surface area (TPSA) is 104 Å².